The minimum Gasteiger partial charge on any atom is -0.481 e. The highest BCUT2D eigenvalue weighted by Crippen LogP contribution is 2.37. The maximum atomic E-state index is 5.28. The van der Waals surface area contributed by atoms with Gasteiger partial charge in [0.1, 0.15) is 0 Å². The van der Waals surface area contributed by atoms with E-state index < -0.39 is 0 Å². The predicted octanol–water partition coefficient (Wildman–Crippen LogP) is 3.43. The number of ether oxygens (including phenoxy) is 1. The smallest absolute Gasteiger partial charge is 0.217 e. The number of aromatic nitrogens is 1. The molecule has 0 unspecified atom stereocenters. The second-order valence-corrected chi connectivity index (χ2v) is 5.83. The quantitative estimate of drug-likeness (QED) is 0.912. The van der Waals surface area contributed by atoms with Crippen LogP contribution in [0.25, 0.3) is 0 Å². The Morgan fingerprint density at radius 3 is 2.86 bits per heavy atom. The van der Waals surface area contributed by atoms with Crippen LogP contribution in [0.4, 0.5) is 0 Å². The van der Waals surface area contributed by atoms with Crippen LogP contribution in [-0.2, 0) is 6.54 Å². The van der Waals surface area contributed by atoms with Gasteiger partial charge in [0, 0.05) is 24.3 Å². The van der Waals surface area contributed by atoms with E-state index in [-0.39, 0.29) is 0 Å². The number of benzene rings is 1. The molecule has 0 radical (unpaired) electrons. The van der Waals surface area contributed by atoms with Crippen LogP contribution in [0.5, 0.6) is 5.88 Å². The molecule has 1 aromatic heterocycles. The van der Waals surface area contributed by atoms with Crippen LogP contribution in [-0.4, -0.2) is 18.1 Å². The Morgan fingerprint density at radius 1 is 1.24 bits per heavy atom. The summed E-state index contributed by atoms with van der Waals surface area (Å²) in [6.45, 7) is 2.98. The van der Waals surface area contributed by atoms with Crippen LogP contribution >= 0.6 is 0 Å². The zero-order chi connectivity index (χ0) is 14.7. The molecular formula is C18H22N2O. The Labute approximate surface area is 126 Å². The number of rotatable bonds is 5. The molecule has 1 aliphatic rings. The molecule has 1 aromatic carbocycles. The highest BCUT2D eigenvalue weighted by atomic mass is 16.5. The first-order valence-corrected chi connectivity index (χ1v) is 7.54. The molecule has 2 aromatic rings. The van der Waals surface area contributed by atoms with Crippen molar-refractivity contribution >= 4 is 0 Å². The van der Waals surface area contributed by atoms with Crippen molar-refractivity contribution in [1.29, 1.82) is 0 Å². The summed E-state index contributed by atoms with van der Waals surface area (Å²) in [5.74, 6) is 1.43. The minimum absolute atomic E-state index is 0.598. The van der Waals surface area contributed by atoms with E-state index in [1.807, 2.05) is 6.07 Å². The molecule has 1 saturated carbocycles. The molecule has 110 valence electrons. The van der Waals surface area contributed by atoms with Crippen LogP contribution < -0.4 is 10.1 Å². The first-order valence-electron chi connectivity index (χ1n) is 7.54. The number of nitrogens with zero attached hydrogens (tertiary/aromatic N) is 1. The highest BCUT2D eigenvalue weighted by molar-refractivity contribution is 5.28. The average Bonchev–Trinajstić information content (AvgIpc) is 2.46. The normalized spacial score (nSPS) is 20.9. The minimum atomic E-state index is 0.598. The third kappa shape index (κ3) is 3.24. The van der Waals surface area contributed by atoms with E-state index in [1.54, 1.807) is 13.3 Å². The van der Waals surface area contributed by atoms with E-state index in [1.165, 1.54) is 24.0 Å². The van der Waals surface area contributed by atoms with Gasteiger partial charge in [-0.2, -0.15) is 0 Å². The summed E-state index contributed by atoms with van der Waals surface area (Å²) in [5, 5.41) is 3.60. The van der Waals surface area contributed by atoms with E-state index in [2.05, 4.69) is 47.6 Å². The Balaban J connectivity index is 1.51. The fraction of sp³-hybridized carbons (Fsp3) is 0.389. The summed E-state index contributed by atoms with van der Waals surface area (Å²) in [7, 11) is 1.67. The molecular weight excluding hydrogens is 260 g/mol. The third-order valence-electron chi connectivity index (χ3n) is 4.28. The molecule has 0 amide bonds. The summed E-state index contributed by atoms with van der Waals surface area (Å²) < 4.78 is 5.28. The first-order chi connectivity index (χ1) is 10.3. The summed E-state index contributed by atoms with van der Waals surface area (Å²) in [4.78, 5) is 4.23. The zero-order valence-corrected chi connectivity index (χ0v) is 12.7. The largest absolute Gasteiger partial charge is 0.481 e. The van der Waals surface area contributed by atoms with Crippen LogP contribution in [0.2, 0.25) is 0 Å². The van der Waals surface area contributed by atoms with Crippen LogP contribution in [0.1, 0.15) is 35.4 Å². The Hall–Kier alpha value is -1.87. The fourth-order valence-electron chi connectivity index (χ4n) is 2.98. The fourth-order valence-corrected chi connectivity index (χ4v) is 2.98. The van der Waals surface area contributed by atoms with Gasteiger partial charge in [0.15, 0.2) is 0 Å². The van der Waals surface area contributed by atoms with E-state index in [0.29, 0.717) is 12.0 Å². The number of pyridine rings is 1. The van der Waals surface area contributed by atoms with Gasteiger partial charge in [-0.3, -0.25) is 0 Å². The van der Waals surface area contributed by atoms with Crippen LogP contribution in [0, 0.1) is 6.92 Å². The molecule has 1 heterocycles. The molecule has 21 heavy (non-hydrogen) atoms. The topological polar surface area (TPSA) is 34.1 Å². The molecule has 0 spiro atoms. The Kier molecular flexibility index (Phi) is 4.20. The monoisotopic (exact) mass is 282 g/mol. The van der Waals surface area contributed by atoms with Gasteiger partial charge in [0.05, 0.1) is 7.11 Å². The molecule has 3 rings (SSSR count). The molecule has 1 fully saturated rings. The third-order valence-corrected chi connectivity index (χ3v) is 4.28. The van der Waals surface area contributed by atoms with Crippen molar-refractivity contribution in [1.82, 2.24) is 10.3 Å². The molecule has 1 aliphatic carbocycles. The van der Waals surface area contributed by atoms with Crippen molar-refractivity contribution in [2.24, 2.45) is 0 Å². The molecule has 1 N–H and O–H groups in total. The van der Waals surface area contributed by atoms with Crippen molar-refractivity contribution in [3.05, 3.63) is 59.3 Å². The lowest BCUT2D eigenvalue weighted by Gasteiger charge is -2.36. The number of hydrogen-bond acceptors (Lipinski definition) is 3. The first kappa shape index (κ1) is 14.1. The number of aryl methyl sites for hydroxylation is 1. The summed E-state index contributed by atoms with van der Waals surface area (Å²) in [6, 6.07) is 13.5. The summed E-state index contributed by atoms with van der Waals surface area (Å²) in [5.41, 5.74) is 3.95. The zero-order valence-electron chi connectivity index (χ0n) is 12.7. The van der Waals surface area contributed by atoms with Crippen LogP contribution in [0.15, 0.2) is 42.6 Å². The van der Waals surface area contributed by atoms with Gasteiger partial charge in [-0.05, 0) is 37.3 Å². The number of nitrogens with one attached hydrogen (secondary N) is 1. The Bertz CT molecular complexity index is 606. The second kappa shape index (κ2) is 6.27. The average molecular weight is 282 g/mol. The summed E-state index contributed by atoms with van der Waals surface area (Å²) >= 11 is 0. The van der Waals surface area contributed by atoms with Crippen LogP contribution in [0.3, 0.4) is 0 Å². The van der Waals surface area contributed by atoms with Gasteiger partial charge in [-0.15, -0.1) is 0 Å². The molecule has 3 heteroatoms. The standard InChI is InChI=1S/C18H22N2O/c1-13-5-3-6-14(9-13)16-10-17(11-16)20-12-15-7-4-8-19-18(15)21-2/h3-9,16-17,20H,10-12H2,1-2H3. The van der Waals surface area contributed by atoms with E-state index in [9.17, 15) is 0 Å². The lowest BCUT2D eigenvalue weighted by atomic mass is 9.75. The van der Waals surface area contributed by atoms with Gasteiger partial charge in [-0.1, -0.05) is 35.9 Å². The maximum absolute atomic E-state index is 5.28. The van der Waals surface area contributed by atoms with Gasteiger partial charge >= 0.3 is 0 Å². The second-order valence-electron chi connectivity index (χ2n) is 5.83. The van der Waals surface area contributed by atoms with Crippen molar-refractivity contribution in [3.63, 3.8) is 0 Å². The number of methoxy groups -OCH3 is 1. The SMILES string of the molecule is COc1ncccc1CNC1CC(c2cccc(C)c2)C1. The van der Waals surface area contributed by atoms with E-state index in [0.717, 1.165) is 18.0 Å². The lowest BCUT2D eigenvalue weighted by Crippen LogP contribution is -2.39. The predicted molar refractivity (Wildman–Crippen MR) is 84.6 cm³/mol. The van der Waals surface area contributed by atoms with E-state index in [4.69, 9.17) is 4.74 Å². The van der Waals surface area contributed by atoms with Crippen molar-refractivity contribution in [2.75, 3.05) is 7.11 Å². The Morgan fingerprint density at radius 2 is 2.10 bits per heavy atom. The molecule has 0 atom stereocenters. The van der Waals surface area contributed by atoms with Gasteiger partial charge < -0.3 is 10.1 Å². The van der Waals surface area contributed by atoms with Crippen molar-refractivity contribution in [2.45, 2.75) is 38.3 Å². The maximum Gasteiger partial charge on any atom is 0.217 e. The van der Waals surface area contributed by atoms with E-state index >= 15 is 0 Å². The van der Waals surface area contributed by atoms with Gasteiger partial charge in [0.25, 0.3) is 0 Å². The highest BCUT2D eigenvalue weighted by Gasteiger charge is 2.29. The van der Waals surface area contributed by atoms with Crippen molar-refractivity contribution < 1.29 is 4.74 Å². The molecule has 0 saturated heterocycles. The van der Waals surface area contributed by atoms with Gasteiger partial charge in [-0.25, -0.2) is 4.98 Å². The number of hydrogen-bond donors (Lipinski definition) is 1. The van der Waals surface area contributed by atoms with Crippen molar-refractivity contribution in [3.8, 4) is 5.88 Å². The molecule has 0 aliphatic heterocycles. The van der Waals surface area contributed by atoms with Gasteiger partial charge in [0.2, 0.25) is 5.88 Å². The lowest BCUT2D eigenvalue weighted by molar-refractivity contribution is 0.287. The molecule has 3 nitrogen and oxygen atoms in total. The summed E-state index contributed by atoms with van der Waals surface area (Å²) in [6.07, 6.45) is 4.19. The molecule has 0 bridgehead atoms.